The van der Waals surface area contributed by atoms with Gasteiger partial charge in [-0.15, -0.1) is 0 Å². The lowest BCUT2D eigenvalue weighted by molar-refractivity contribution is -0.129. The molecule has 2 aliphatic heterocycles. The summed E-state index contributed by atoms with van der Waals surface area (Å²) in [7, 11) is -7.28. The first-order valence-electron chi connectivity index (χ1n) is 13.7. The van der Waals surface area contributed by atoms with Crippen LogP contribution in [0.1, 0.15) is 44.7 Å². The third-order valence-electron chi connectivity index (χ3n) is 10.3. The third-order valence-corrected chi connectivity index (χ3v) is 15.4. The summed E-state index contributed by atoms with van der Waals surface area (Å²) in [4.78, 5) is 14.5. The lowest BCUT2D eigenvalue weighted by Gasteiger charge is -2.37. The number of hydrogen-bond donors (Lipinski definition) is 0. The Morgan fingerprint density at radius 3 is 1.95 bits per heavy atom. The largest absolute Gasteiger partial charge is 0.296 e. The molecule has 4 aliphatic rings. The average molecular weight is 561 g/mol. The molecule has 4 fully saturated rings. The summed E-state index contributed by atoms with van der Waals surface area (Å²) >= 11 is 0. The zero-order valence-electron chi connectivity index (χ0n) is 22.2. The van der Waals surface area contributed by atoms with Gasteiger partial charge in [0, 0.05) is 16.0 Å². The smallest absolute Gasteiger partial charge is 0.256 e. The van der Waals surface area contributed by atoms with E-state index in [1.54, 1.807) is 4.67 Å². The Kier molecular flexibility index (Phi) is 5.43. The number of nitrogens with zero attached hydrogens (tertiary/aromatic N) is 2. The van der Waals surface area contributed by atoms with Crippen molar-refractivity contribution in [3.63, 3.8) is 0 Å². The van der Waals surface area contributed by atoms with Crippen LogP contribution in [0.5, 0.6) is 0 Å². The lowest BCUT2D eigenvalue weighted by Crippen LogP contribution is -2.46. The van der Waals surface area contributed by atoms with Crippen molar-refractivity contribution in [3.8, 4) is 0 Å². The minimum absolute atomic E-state index is 0.0255. The molecular weight excluding hydrogens is 527 g/mol. The summed E-state index contributed by atoms with van der Waals surface area (Å²) in [5.74, 6) is 0.00641. The van der Waals surface area contributed by atoms with Crippen LogP contribution in [0.4, 0.5) is 0 Å². The molecule has 2 heterocycles. The molecule has 1 unspecified atom stereocenters. The Bertz CT molecular complexity index is 1550. The fraction of sp³-hybridized carbons (Fsp3) is 0.387. The van der Waals surface area contributed by atoms with E-state index in [-0.39, 0.29) is 17.2 Å². The van der Waals surface area contributed by atoms with Gasteiger partial charge in [-0.3, -0.25) is 9.36 Å². The van der Waals surface area contributed by atoms with Crippen molar-refractivity contribution in [3.05, 3.63) is 96.6 Å². The molecule has 1 spiro atoms. The van der Waals surface area contributed by atoms with Gasteiger partial charge >= 0.3 is 0 Å². The first-order chi connectivity index (χ1) is 18.6. The number of hydrogen-bond acceptors (Lipinski definition) is 4. The fourth-order valence-electron chi connectivity index (χ4n) is 8.19. The highest BCUT2D eigenvalue weighted by molar-refractivity contribution is 7.90. The summed E-state index contributed by atoms with van der Waals surface area (Å²) in [5, 5.41) is 1.27. The molecule has 0 aromatic heterocycles. The van der Waals surface area contributed by atoms with Gasteiger partial charge in [0.25, 0.3) is 5.91 Å². The van der Waals surface area contributed by atoms with Crippen molar-refractivity contribution in [2.45, 2.75) is 51.2 Å². The molecule has 2 saturated heterocycles. The second-order valence-electron chi connectivity index (χ2n) is 12.2. The van der Waals surface area contributed by atoms with E-state index in [2.05, 4.69) is 13.8 Å². The number of fused-ring (bicyclic) bond motifs is 1. The van der Waals surface area contributed by atoms with E-state index >= 15 is 4.57 Å². The molecule has 1 amide bonds. The van der Waals surface area contributed by atoms with Crippen molar-refractivity contribution >= 4 is 33.8 Å². The normalized spacial score (nSPS) is 33.6. The molecule has 0 radical (unpaired) electrons. The van der Waals surface area contributed by atoms with Gasteiger partial charge in [0.1, 0.15) is 6.04 Å². The highest BCUT2D eigenvalue weighted by Gasteiger charge is 2.74. The molecule has 39 heavy (non-hydrogen) atoms. The summed E-state index contributed by atoms with van der Waals surface area (Å²) in [6.07, 6.45) is 2.57. The Morgan fingerprint density at radius 1 is 0.872 bits per heavy atom. The maximum Gasteiger partial charge on any atom is 0.256 e. The molecule has 2 aliphatic carbocycles. The topological polar surface area (TPSA) is 74.5 Å². The highest BCUT2D eigenvalue weighted by Crippen LogP contribution is 2.71. The predicted octanol–water partition coefficient (Wildman–Crippen LogP) is 4.71. The van der Waals surface area contributed by atoms with E-state index in [1.807, 2.05) is 91.0 Å². The van der Waals surface area contributed by atoms with Gasteiger partial charge in [0.15, 0.2) is 0 Å². The van der Waals surface area contributed by atoms with E-state index in [4.69, 9.17) is 0 Å². The van der Waals surface area contributed by atoms with Crippen LogP contribution < -0.4 is 10.6 Å². The summed E-state index contributed by atoms with van der Waals surface area (Å²) in [5.41, 5.74) is 0.324. The molecule has 2 bridgehead atoms. The van der Waals surface area contributed by atoms with Crippen LogP contribution >= 0.6 is 7.29 Å². The standard InChI is InChI=1S/C31H33N2O4PS/c1-30(2)23-18-19-31(30)21-39(36,37)33(26(31)20-23)29(34)28-27(22-12-6-3-7-13-22)32(28)38(35,24-14-8-4-9-15-24)25-16-10-5-11-17-25/h3-17,23,26-28H,18-21H2,1-2H3/t23-,26-,27+,28+,31-,32?/m0/s1. The van der Waals surface area contributed by atoms with Gasteiger partial charge in [-0.1, -0.05) is 80.6 Å². The van der Waals surface area contributed by atoms with Crippen LogP contribution in [0, 0.1) is 16.7 Å². The van der Waals surface area contributed by atoms with E-state index < -0.39 is 40.7 Å². The molecule has 3 aromatic rings. The van der Waals surface area contributed by atoms with Crippen molar-refractivity contribution in [1.82, 2.24) is 8.98 Å². The molecule has 0 N–H and O–H groups in total. The molecule has 6 atom stereocenters. The van der Waals surface area contributed by atoms with Crippen LogP contribution in [0.3, 0.4) is 0 Å². The number of amides is 1. The number of rotatable bonds is 5. The third kappa shape index (κ3) is 3.33. The van der Waals surface area contributed by atoms with Crippen molar-refractivity contribution in [2.75, 3.05) is 5.75 Å². The van der Waals surface area contributed by atoms with Crippen LogP contribution in [-0.4, -0.2) is 41.1 Å². The Hall–Kier alpha value is -2.73. The van der Waals surface area contributed by atoms with E-state index in [0.717, 1.165) is 24.8 Å². The van der Waals surface area contributed by atoms with Gasteiger partial charge < -0.3 is 0 Å². The number of carbonyl (C=O) groups excluding carboxylic acids is 1. The minimum atomic E-state index is -3.80. The van der Waals surface area contributed by atoms with Crippen LogP contribution in [0.25, 0.3) is 0 Å². The molecule has 202 valence electrons. The van der Waals surface area contributed by atoms with Crippen LogP contribution in [0.15, 0.2) is 91.0 Å². The summed E-state index contributed by atoms with van der Waals surface area (Å²) < 4.78 is 45.9. The van der Waals surface area contributed by atoms with E-state index in [0.29, 0.717) is 16.5 Å². The Balaban J connectivity index is 1.36. The van der Waals surface area contributed by atoms with Gasteiger partial charge in [0.2, 0.25) is 17.3 Å². The van der Waals surface area contributed by atoms with Gasteiger partial charge in [-0.05, 0) is 60.4 Å². The van der Waals surface area contributed by atoms with Crippen LogP contribution in [-0.2, 0) is 19.4 Å². The summed E-state index contributed by atoms with van der Waals surface area (Å²) in [6, 6.07) is 26.5. The molecular formula is C31H33N2O4PS. The molecule has 6 nitrogen and oxygen atoms in total. The second kappa shape index (κ2) is 8.39. The van der Waals surface area contributed by atoms with Gasteiger partial charge in [-0.25, -0.2) is 17.4 Å². The minimum Gasteiger partial charge on any atom is -0.296 e. The van der Waals surface area contributed by atoms with Crippen molar-refractivity contribution < 1.29 is 17.8 Å². The van der Waals surface area contributed by atoms with E-state index in [1.165, 1.54) is 4.31 Å². The first kappa shape index (κ1) is 25.3. The maximum absolute atomic E-state index is 15.3. The Labute approximate surface area is 230 Å². The van der Waals surface area contributed by atoms with Crippen LogP contribution in [0.2, 0.25) is 0 Å². The number of sulfonamides is 1. The predicted molar refractivity (Wildman–Crippen MR) is 153 cm³/mol. The zero-order chi connectivity index (χ0) is 27.2. The molecule has 7 rings (SSSR count). The van der Waals surface area contributed by atoms with Gasteiger partial charge in [-0.2, -0.15) is 0 Å². The van der Waals surface area contributed by atoms with Crippen molar-refractivity contribution in [1.29, 1.82) is 0 Å². The molecule has 3 aromatic carbocycles. The Morgan fingerprint density at radius 2 is 1.41 bits per heavy atom. The molecule has 2 saturated carbocycles. The average Bonchev–Trinajstić information content (AvgIpc) is 3.53. The SMILES string of the molecule is CC1(C)[C@H]2CC[C@@]13CS(=O)(=O)N(C(=O)[C@H]1[C@@H](c4ccccc4)N1P(=O)(c1ccccc1)c1ccccc1)[C@H]3C2. The fourth-order valence-corrected chi connectivity index (χ4v) is 13.9. The first-order valence-corrected chi connectivity index (χ1v) is 17.0. The van der Waals surface area contributed by atoms with Gasteiger partial charge in [0.05, 0.1) is 17.8 Å². The van der Waals surface area contributed by atoms with Crippen molar-refractivity contribution in [2.24, 2.45) is 16.7 Å². The molecule has 8 heteroatoms. The quantitative estimate of drug-likeness (QED) is 0.334. The second-order valence-corrected chi connectivity index (χ2v) is 16.7. The monoisotopic (exact) mass is 560 g/mol. The summed E-state index contributed by atoms with van der Waals surface area (Å²) in [6.45, 7) is 4.37. The zero-order valence-corrected chi connectivity index (χ0v) is 23.9. The number of carbonyl (C=O) groups is 1. The highest BCUT2D eigenvalue weighted by atomic mass is 32.2. The van der Waals surface area contributed by atoms with E-state index in [9.17, 15) is 13.2 Å². The lowest BCUT2D eigenvalue weighted by atomic mass is 9.69. The maximum atomic E-state index is 15.3. The number of benzene rings is 3.